The van der Waals surface area contributed by atoms with Crippen LogP contribution in [0.4, 0.5) is 8.78 Å². The summed E-state index contributed by atoms with van der Waals surface area (Å²) in [5.74, 6) is -0.626. The molecule has 1 amide bonds. The molecule has 1 aliphatic rings. The Morgan fingerprint density at radius 3 is 2.59 bits per heavy atom. The van der Waals surface area contributed by atoms with Crippen molar-refractivity contribution >= 4 is 52.0 Å². The number of rotatable bonds is 6. The van der Waals surface area contributed by atoms with Crippen LogP contribution in [0.3, 0.4) is 0 Å². The minimum Gasteiger partial charge on any atom is -0.275 e. The predicted octanol–water partition coefficient (Wildman–Crippen LogP) is 5.58. The molecule has 0 aromatic carbocycles. The van der Waals surface area contributed by atoms with Crippen molar-refractivity contribution in [2.45, 2.75) is 31.7 Å². The van der Waals surface area contributed by atoms with Crippen molar-refractivity contribution in [3.8, 4) is 0 Å². The van der Waals surface area contributed by atoms with Crippen molar-refractivity contribution in [1.82, 2.24) is 14.8 Å². The summed E-state index contributed by atoms with van der Waals surface area (Å²) < 4.78 is 28.5. The van der Waals surface area contributed by atoms with E-state index in [4.69, 9.17) is 39.6 Å². The second-order valence-electron chi connectivity index (χ2n) is 6.34. The molecule has 0 saturated heterocycles. The van der Waals surface area contributed by atoms with Crippen molar-refractivity contribution in [2.24, 2.45) is 13.0 Å². The number of alkyl halides is 2. The molecular formula is C16H16Cl3F2N3O2S. The number of amides is 1. The van der Waals surface area contributed by atoms with Gasteiger partial charge >= 0.3 is 0 Å². The number of hydroxylamine groups is 2. The Bertz CT molecular complexity index is 873. The number of nitrogens with zero attached hydrogens (tertiary/aromatic N) is 3. The van der Waals surface area contributed by atoms with Crippen LogP contribution in [0.25, 0.3) is 0 Å². The summed E-state index contributed by atoms with van der Waals surface area (Å²) in [6.07, 6.45) is -0.868. The van der Waals surface area contributed by atoms with Gasteiger partial charge in [-0.3, -0.25) is 14.3 Å². The third-order valence-electron chi connectivity index (χ3n) is 4.69. The Labute approximate surface area is 173 Å². The lowest BCUT2D eigenvalue weighted by Crippen LogP contribution is -2.39. The van der Waals surface area contributed by atoms with E-state index in [0.29, 0.717) is 13.7 Å². The first kappa shape index (κ1) is 20.8. The maximum atomic E-state index is 13.2. The quantitative estimate of drug-likeness (QED) is 0.531. The fourth-order valence-electron chi connectivity index (χ4n) is 3.32. The normalized spacial score (nSPS) is 20.2. The van der Waals surface area contributed by atoms with Gasteiger partial charge < -0.3 is 0 Å². The molecule has 27 heavy (non-hydrogen) atoms. The first-order chi connectivity index (χ1) is 12.7. The molecule has 5 nitrogen and oxygen atoms in total. The van der Waals surface area contributed by atoms with Crippen LogP contribution in [-0.2, 0) is 11.9 Å². The van der Waals surface area contributed by atoms with Crippen LogP contribution in [-0.4, -0.2) is 33.9 Å². The molecule has 0 N–H and O–H groups in total. The number of hydrogen-bond acceptors (Lipinski definition) is 4. The largest absolute Gasteiger partial charge is 0.282 e. The second-order valence-corrected chi connectivity index (χ2v) is 8.94. The van der Waals surface area contributed by atoms with Crippen LogP contribution >= 0.6 is 46.1 Å². The van der Waals surface area contributed by atoms with E-state index >= 15 is 0 Å². The van der Waals surface area contributed by atoms with E-state index in [2.05, 4.69) is 5.10 Å². The molecule has 0 bridgehead atoms. The molecule has 3 atom stereocenters. The molecular weight excluding hydrogens is 443 g/mol. The minimum absolute atomic E-state index is 0.0150. The molecule has 1 saturated carbocycles. The Balaban J connectivity index is 1.81. The van der Waals surface area contributed by atoms with Gasteiger partial charge in [0.2, 0.25) is 0 Å². The first-order valence-electron chi connectivity index (χ1n) is 7.99. The van der Waals surface area contributed by atoms with Crippen LogP contribution in [0.5, 0.6) is 0 Å². The van der Waals surface area contributed by atoms with Gasteiger partial charge in [-0.15, -0.1) is 11.3 Å². The maximum absolute atomic E-state index is 13.2. The van der Waals surface area contributed by atoms with Gasteiger partial charge in [-0.2, -0.15) is 5.10 Å². The molecule has 3 rings (SSSR count). The average molecular weight is 459 g/mol. The molecule has 2 aromatic rings. The highest BCUT2D eigenvalue weighted by atomic mass is 35.5. The molecule has 0 radical (unpaired) electrons. The first-order valence-corrected chi connectivity index (χ1v) is 9.94. The lowest BCUT2D eigenvalue weighted by molar-refractivity contribution is -0.124. The SMILES string of the molecule is CON(C(=O)c1cn(C)nc1C(F)F)C(C)[C@@H]1C[C@H]1c1c(Cl)sc(Cl)c1Cl. The average Bonchev–Trinajstić information content (AvgIpc) is 3.20. The van der Waals surface area contributed by atoms with Crippen LogP contribution in [0.2, 0.25) is 13.7 Å². The smallest absolute Gasteiger partial charge is 0.275 e. The Morgan fingerprint density at radius 1 is 1.41 bits per heavy atom. The van der Waals surface area contributed by atoms with E-state index in [1.54, 1.807) is 6.92 Å². The highest BCUT2D eigenvalue weighted by Gasteiger charge is 2.48. The monoisotopic (exact) mass is 457 g/mol. The highest BCUT2D eigenvalue weighted by Crippen LogP contribution is 2.57. The van der Waals surface area contributed by atoms with Gasteiger partial charge in [0, 0.05) is 18.8 Å². The molecule has 1 aliphatic carbocycles. The van der Waals surface area contributed by atoms with E-state index in [0.717, 1.165) is 17.0 Å². The summed E-state index contributed by atoms with van der Waals surface area (Å²) in [6, 6.07) is -0.385. The summed E-state index contributed by atoms with van der Waals surface area (Å²) in [4.78, 5) is 18.0. The lowest BCUT2D eigenvalue weighted by atomic mass is 10.1. The number of hydrogen-bond donors (Lipinski definition) is 0. The van der Waals surface area contributed by atoms with Gasteiger partial charge in [0.05, 0.1) is 28.1 Å². The second kappa shape index (κ2) is 7.83. The third kappa shape index (κ3) is 3.82. The Hall–Kier alpha value is -0.930. The van der Waals surface area contributed by atoms with E-state index in [1.165, 1.54) is 36.4 Å². The fraction of sp³-hybridized carbons (Fsp3) is 0.500. The van der Waals surface area contributed by atoms with Crippen molar-refractivity contribution in [3.63, 3.8) is 0 Å². The molecule has 1 unspecified atom stereocenters. The zero-order chi connectivity index (χ0) is 20.0. The predicted molar refractivity (Wildman–Crippen MR) is 101 cm³/mol. The summed E-state index contributed by atoms with van der Waals surface area (Å²) in [5, 5.41) is 5.20. The zero-order valence-electron chi connectivity index (χ0n) is 14.6. The van der Waals surface area contributed by atoms with E-state index in [9.17, 15) is 13.6 Å². The molecule has 0 spiro atoms. The summed E-state index contributed by atoms with van der Waals surface area (Å²) in [7, 11) is 2.80. The molecule has 2 aromatic heterocycles. The number of carbonyl (C=O) groups excluding carboxylic acids is 1. The summed E-state index contributed by atoms with van der Waals surface area (Å²) in [5.41, 5.74) is 0.0103. The number of thiophene rings is 1. The number of carbonyl (C=O) groups is 1. The molecule has 148 valence electrons. The third-order valence-corrected chi connectivity index (χ3v) is 6.93. The van der Waals surface area contributed by atoms with Gasteiger partial charge in [-0.05, 0) is 25.2 Å². The molecule has 11 heteroatoms. The van der Waals surface area contributed by atoms with E-state index < -0.39 is 18.0 Å². The van der Waals surface area contributed by atoms with Crippen LogP contribution < -0.4 is 0 Å². The maximum Gasteiger partial charge on any atom is 0.282 e. The van der Waals surface area contributed by atoms with Crippen LogP contribution in [0, 0.1) is 5.92 Å². The number of halogens is 5. The van der Waals surface area contributed by atoms with Gasteiger partial charge in [-0.25, -0.2) is 13.8 Å². The highest BCUT2D eigenvalue weighted by molar-refractivity contribution is 7.20. The summed E-state index contributed by atoms with van der Waals surface area (Å²) >= 11 is 19.7. The van der Waals surface area contributed by atoms with Crippen LogP contribution in [0.1, 0.15) is 47.3 Å². The fourth-order valence-corrected chi connectivity index (χ4v) is 5.41. The number of aryl methyl sites for hydroxylation is 1. The van der Waals surface area contributed by atoms with Crippen molar-refractivity contribution in [1.29, 1.82) is 0 Å². The van der Waals surface area contributed by atoms with Gasteiger partial charge in [-0.1, -0.05) is 34.8 Å². The van der Waals surface area contributed by atoms with E-state index in [-0.39, 0.29) is 23.4 Å². The Kier molecular flexibility index (Phi) is 6.03. The van der Waals surface area contributed by atoms with Crippen molar-refractivity contribution in [3.05, 3.63) is 36.7 Å². The standard InChI is InChI=1S/C16H16Cl3F2N3O2S/c1-6(7-4-8(7)10-11(17)14(19)27-13(10)18)24(26-3)16(25)9-5-23(2)22-12(9)15(20)21/h5-8,15H,4H2,1-3H3/t6?,7-,8+/m0/s1. The summed E-state index contributed by atoms with van der Waals surface area (Å²) in [6.45, 7) is 1.79. The zero-order valence-corrected chi connectivity index (χ0v) is 17.6. The number of aromatic nitrogens is 2. The lowest BCUT2D eigenvalue weighted by Gasteiger charge is -2.27. The van der Waals surface area contributed by atoms with Gasteiger partial charge in [0.15, 0.2) is 0 Å². The topological polar surface area (TPSA) is 47.4 Å². The van der Waals surface area contributed by atoms with Gasteiger partial charge in [0.1, 0.15) is 10.0 Å². The molecule has 0 aliphatic heterocycles. The van der Waals surface area contributed by atoms with Crippen molar-refractivity contribution in [2.75, 3.05) is 7.11 Å². The minimum atomic E-state index is -2.86. The molecule has 1 fully saturated rings. The van der Waals surface area contributed by atoms with E-state index in [1.807, 2.05) is 0 Å². The van der Waals surface area contributed by atoms with Crippen LogP contribution in [0.15, 0.2) is 6.20 Å². The Morgan fingerprint density at radius 2 is 2.07 bits per heavy atom. The van der Waals surface area contributed by atoms with Gasteiger partial charge in [0.25, 0.3) is 12.3 Å². The molecule has 2 heterocycles. The van der Waals surface area contributed by atoms with Crippen molar-refractivity contribution < 1.29 is 18.4 Å².